The zero-order valence-electron chi connectivity index (χ0n) is 19.5. The van der Waals surface area contributed by atoms with Gasteiger partial charge >= 0.3 is 6.18 Å². The van der Waals surface area contributed by atoms with Crippen LogP contribution >= 0.6 is 0 Å². The smallest absolute Gasteiger partial charge is 0.355 e. The van der Waals surface area contributed by atoms with Gasteiger partial charge in [-0.25, -0.2) is 0 Å². The van der Waals surface area contributed by atoms with Gasteiger partial charge in [-0.2, -0.15) is 13.2 Å². The van der Waals surface area contributed by atoms with Crippen LogP contribution in [0.2, 0.25) is 0 Å². The van der Waals surface area contributed by atoms with Crippen LogP contribution in [-0.4, -0.2) is 42.9 Å². The van der Waals surface area contributed by atoms with Gasteiger partial charge in [0.1, 0.15) is 5.54 Å². The molecule has 0 aliphatic heterocycles. The first-order chi connectivity index (χ1) is 16.1. The Morgan fingerprint density at radius 2 is 1.68 bits per heavy atom. The Morgan fingerprint density at radius 1 is 1.00 bits per heavy atom. The summed E-state index contributed by atoms with van der Waals surface area (Å²) in [6.07, 6.45) is -1.13. The zero-order valence-corrected chi connectivity index (χ0v) is 19.5. The number of carbonyl (C=O) groups excluding carboxylic acids is 2. The second-order valence-corrected chi connectivity index (χ2v) is 8.94. The number of nitrogens with zero attached hydrogens (tertiary/aromatic N) is 1. The van der Waals surface area contributed by atoms with E-state index in [4.69, 9.17) is 0 Å². The van der Waals surface area contributed by atoms with Crippen molar-refractivity contribution >= 4 is 23.2 Å². The average molecular weight is 477 g/mol. The van der Waals surface area contributed by atoms with Crippen molar-refractivity contribution in [2.24, 2.45) is 0 Å². The lowest BCUT2D eigenvalue weighted by Gasteiger charge is -2.18. The Kier molecular flexibility index (Phi) is 8.19. The van der Waals surface area contributed by atoms with E-state index in [2.05, 4.69) is 20.9 Å². The van der Waals surface area contributed by atoms with E-state index in [1.54, 1.807) is 24.3 Å². The van der Waals surface area contributed by atoms with E-state index in [9.17, 15) is 22.8 Å². The lowest BCUT2D eigenvalue weighted by atomic mass is 10.1. The maximum atomic E-state index is 13.2. The van der Waals surface area contributed by atoms with Crippen LogP contribution in [0.3, 0.4) is 0 Å². The quantitative estimate of drug-likeness (QED) is 0.419. The Morgan fingerprint density at radius 3 is 2.29 bits per heavy atom. The van der Waals surface area contributed by atoms with E-state index in [-0.39, 0.29) is 24.0 Å². The number of para-hydroxylation sites is 1. The lowest BCUT2D eigenvalue weighted by molar-refractivity contribution is -0.137. The summed E-state index contributed by atoms with van der Waals surface area (Å²) in [4.78, 5) is 26.9. The largest absolute Gasteiger partial charge is 0.418 e. The summed E-state index contributed by atoms with van der Waals surface area (Å²) in [6, 6.07) is 12.1. The van der Waals surface area contributed by atoms with Gasteiger partial charge in [-0.15, -0.1) is 0 Å². The molecular formula is C25H31F3N4O2. The van der Waals surface area contributed by atoms with Crippen LogP contribution in [0.5, 0.6) is 0 Å². The van der Waals surface area contributed by atoms with Gasteiger partial charge < -0.3 is 20.9 Å². The van der Waals surface area contributed by atoms with E-state index in [0.717, 1.165) is 31.0 Å². The predicted molar refractivity (Wildman–Crippen MR) is 126 cm³/mol. The van der Waals surface area contributed by atoms with Crippen molar-refractivity contribution in [1.82, 2.24) is 15.5 Å². The molecule has 0 spiro atoms. The van der Waals surface area contributed by atoms with Crippen LogP contribution in [0, 0.1) is 0 Å². The minimum atomic E-state index is -4.45. The highest BCUT2D eigenvalue weighted by Gasteiger charge is 2.50. The summed E-state index contributed by atoms with van der Waals surface area (Å²) in [5, 5.41) is 8.53. The number of rotatable bonds is 11. The van der Waals surface area contributed by atoms with Crippen LogP contribution in [0.15, 0.2) is 48.5 Å². The van der Waals surface area contributed by atoms with Crippen LogP contribution in [0.4, 0.5) is 24.5 Å². The molecule has 0 atom stereocenters. The maximum Gasteiger partial charge on any atom is 0.418 e. The second-order valence-electron chi connectivity index (χ2n) is 8.94. The van der Waals surface area contributed by atoms with Gasteiger partial charge in [-0.3, -0.25) is 9.59 Å². The first kappa shape index (κ1) is 25.6. The molecule has 2 amide bonds. The summed E-state index contributed by atoms with van der Waals surface area (Å²) in [5.41, 5.74) is -0.271. The highest BCUT2D eigenvalue weighted by Crippen LogP contribution is 2.37. The minimum absolute atomic E-state index is 0.0239. The third-order valence-electron chi connectivity index (χ3n) is 5.74. The van der Waals surface area contributed by atoms with Crippen LogP contribution in [0.25, 0.3) is 0 Å². The number of nitrogens with one attached hydrogen (secondary N) is 3. The Bertz CT molecular complexity index is 986. The van der Waals surface area contributed by atoms with Crippen LogP contribution < -0.4 is 16.0 Å². The molecule has 0 aromatic heterocycles. The summed E-state index contributed by atoms with van der Waals surface area (Å²) < 4.78 is 39.5. The lowest BCUT2D eigenvalue weighted by Crippen LogP contribution is -2.48. The Labute approximate surface area is 197 Å². The summed E-state index contributed by atoms with van der Waals surface area (Å²) >= 11 is 0. The summed E-state index contributed by atoms with van der Waals surface area (Å²) in [6.45, 7) is 1.18. The van der Waals surface area contributed by atoms with Gasteiger partial charge in [0, 0.05) is 18.7 Å². The highest BCUT2D eigenvalue weighted by molar-refractivity contribution is 5.94. The molecule has 1 aliphatic carbocycles. The fourth-order valence-corrected chi connectivity index (χ4v) is 3.63. The van der Waals surface area contributed by atoms with Crippen LogP contribution in [-0.2, 0) is 22.3 Å². The average Bonchev–Trinajstić information content (AvgIpc) is 3.56. The van der Waals surface area contributed by atoms with Crippen molar-refractivity contribution < 1.29 is 22.8 Å². The van der Waals surface area contributed by atoms with Crippen molar-refractivity contribution in [2.45, 2.75) is 50.4 Å². The molecule has 1 fully saturated rings. The summed E-state index contributed by atoms with van der Waals surface area (Å²) in [5.74, 6) is -0.323. The third kappa shape index (κ3) is 7.21. The minimum Gasteiger partial charge on any atom is -0.355 e. The molecule has 1 saturated carbocycles. The maximum absolute atomic E-state index is 13.2. The van der Waals surface area contributed by atoms with Crippen molar-refractivity contribution in [3.8, 4) is 0 Å². The number of hydrogen-bond donors (Lipinski definition) is 3. The number of carbonyl (C=O) groups is 2. The summed E-state index contributed by atoms with van der Waals surface area (Å²) in [7, 11) is 3.97. The SMILES string of the molecule is CN(C)CCCCC(=O)NC1(C(=O)NCc2ccc(Nc3ccccc3C(F)(F)F)cc2)CC1. The highest BCUT2D eigenvalue weighted by atomic mass is 19.4. The van der Waals surface area contributed by atoms with Gasteiger partial charge in [0.2, 0.25) is 11.8 Å². The topological polar surface area (TPSA) is 73.5 Å². The number of amides is 2. The Balaban J connectivity index is 1.48. The number of alkyl halides is 3. The van der Waals surface area contributed by atoms with E-state index >= 15 is 0 Å². The monoisotopic (exact) mass is 476 g/mol. The van der Waals surface area contributed by atoms with E-state index in [1.807, 2.05) is 14.1 Å². The van der Waals surface area contributed by atoms with Gasteiger partial charge in [0.05, 0.1) is 11.3 Å². The van der Waals surface area contributed by atoms with Gasteiger partial charge in [0.15, 0.2) is 0 Å². The van der Waals surface area contributed by atoms with Crippen molar-refractivity contribution in [2.75, 3.05) is 26.0 Å². The predicted octanol–water partition coefficient (Wildman–Crippen LogP) is 4.45. The number of unbranched alkanes of at least 4 members (excludes halogenated alkanes) is 1. The van der Waals surface area contributed by atoms with E-state index in [1.165, 1.54) is 18.2 Å². The van der Waals surface area contributed by atoms with Crippen molar-refractivity contribution in [1.29, 1.82) is 0 Å². The Hall–Kier alpha value is -3.07. The fourth-order valence-electron chi connectivity index (χ4n) is 3.63. The molecule has 0 bridgehead atoms. The molecule has 6 nitrogen and oxygen atoms in total. The van der Waals surface area contributed by atoms with E-state index < -0.39 is 17.3 Å². The molecule has 3 rings (SSSR count). The zero-order chi connectivity index (χ0) is 24.8. The standard InChI is InChI=1S/C25H31F3N4O2/c1-32(2)16-6-5-9-22(33)31-24(14-15-24)23(34)29-17-18-10-12-19(13-11-18)30-21-8-4-3-7-20(21)25(26,27)28/h3-4,7-8,10-13,30H,5-6,9,14-17H2,1-2H3,(H,29,34)(H,31,33). The molecule has 1 aliphatic rings. The molecule has 34 heavy (non-hydrogen) atoms. The van der Waals surface area contributed by atoms with E-state index in [0.29, 0.717) is 24.9 Å². The third-order valence-corrected chi connectivity index (χ3v) is 5.74. The van der Waals surface area contributed by atoms with Crippen molar-refractivity contribution in [3.05, 3.63) is 59.7 Å². The molecular weight excluding hydrogens is 445 g/mol. The molecule has 184 valence electrons. The van der Waals surface area contributed by atoms with Gasteiger partial charge in [-0.1, -0.05) is 24.3 Å². The normalized spacial score (nSPS) is 14.5. The molecule has 3 N–H and O–H groups in total. The molecule has 0 saturated heterocycles. The molecule has 0 unspecified atom stereocenters. The molecule has 0 radical (unpaired) electrons. The van der Waals surface area contributed by atoms with Crippen LogP contribution in [0.1, 0.15) is 43.2 Å². The van der Waals surface area contributed by atoms with Gasteiger partial charge in [-0.05, 0) is 76.2 Å². The molecule has 0 heterocycles. The molecule has 2 aromatic carbocycles. The fraction of sp³-hybridized carbons (Fsp3) is 0.440. The number of halogens is 3. The van der Waals surface area contributed by atoms with Gasteiger partial charge in [0.25, 0.3) is 0 Å². The molecule has 9 heteroatoms. The molecule has 2 aromatic rings. The second kappa shape index (κ2) is 10.9. The first-order valence-electron chi connectivity index (χ1n) is 11.4. The number of benzene rings is 2. The van der Waals surface area contributed by atoms with Crippen molar-refractivity contribution in [3.63, 3.8) is 0 Å². The number of anilines is 2. The number of hydrogen-bond acceptors (Lipinski definition) is 4. The first-order valence-corrected chi connectivity index (χ1v) is 11.4.